The van der Waals surface area contributed by atoms with Crippen molar-refractivity contribution in [3.63, 3.8) is 0 Å². The van der Waals surface area contributed by atoms with Crippen molar-refractivity contribution in [1.29, 1.82) is 0 Å². The number of alkyl halides is 3. The Labute approximate surface area is 111 Å². The van der Waals surface area contributed by atoms with E-state index >= 15 is 0 Å². The van der Waals surface area contributed by atoms with Crippen LogP contribution in [0.2, 0.25) is 0 Å². The van der Waals surface area contributed by atoms with Crippen molar-refractivity contribution >= 4 is 5.97 Å². The summed E-state index contributed by atoms with van der Waals surface area (Å²) < 4.78 is 41.8. The Morgan fingerprint density at radius 2 is 1.95 bits per heavy atom. The average Bonchev–Trinajstić information content (AvgIpc) is 3.15. The van der Waals surface area contributed by atoms with E-state index in [0.29, 0.717) is 5.56 Å². The molecule has 0 aliphatic heterocycles. The number of carbonyl (C=O) groups excluding carboxylic acids is 1. The summed E-state index contributed by atoms with van der Waals surface area (Å²) in [6.45, 7) is -0.197. The second kappa shape index (κ2) is 5.10. The second-order valence-electron chi connectivity index (χ2n) is 4.50. The van der Waals surface area contributed by atoms with Crippen LogP contribution in [-0.2, 0) is 22.3 Å². The average molecular weight is 289 g/mol. The van der Waals surface area contributed by atoms with Gasteiger partial charge in [-0.1, -0.05) is 12.1 Å². The van der Waals surface area contributed by atoms with E-state index in [0.717, 1.165) is 12.1 Å². The first kappa shape index (κ1) is 14.3. The first-order valence-electron chi connectivity index (χ1n) is 5.75. The molecule has 20 heavy (non-hydrogen) atoms. The van der Waals surface area contributed by atoms with E-state index in [2.05, 4.69) is 0 Å². The minimum atomic E-state index is -4.41. The molecule has 1 aromatic carbocycles. The fourth-order valence-electron chi connectivity index (χ4n) is 1.72. The number of benzene rings is 1. The lowest BCUT2D eigenvalue weighted by atomic mass is 10.1. The van der Waals surface area contributed by atoms with Gasteiger partial charge in [-0.25, -0.2) is 0 Å². The molecule has 0 saturated heterocycles. The fourth-order valence-corrected chi connectivity index (χ4v) is 1.72. The van der Waals surface area contributed by atoms with Crippen LogP contribution < -0.4 is 0 Å². The van der Waals surface area contributed by atoms with Crippen molar-refractivity contribution in [2.75, 3.05) is 0 Å². The molecule has 0 heterocycles. The van der Waals surface area contributed by atoms with Gasteiger partial charge in [-0.05, 0) is 17.7 Å². The molecule has 5 nitrogen and oxygen atoms in total. The van der Waals surface area contributed by atoms with Gasteiger partial charge in [0.2, 0.25) is 6.04 Å². The third kappa shape index (κ3) is 3.25. The number of rotatable bonds is 4. The SMILES string of the molecule is O=C(OCc1ccc(C(F)(F)F)cc1)C1CC1[N+](=O)[O-]. The molecule has 2 rings (SSSR count). The van der Waals surface area contributed by atoms with Crippen molar-refractivity contribution in [3.8, 4) is 0 Å². The van der Waals surface area contributed by atoms with Crippen molar-refractivity contribution in [2.24, 2.45) is 5.92 Å². The largest absolute Gasteiger partial charge is 0.460 e. The van der Waals surface area contributed by atoms with Gasteiger partial charge in [0.1, 0.15) is 12.5 Å². The first-order valence-corrected chi connectivity index (χ1v) is 5.75. The summed E-state index contributed by atoms with van der Waals surface area (Å²) in [6.07, 6.45) is -4.26. The number of halogens is 3. The molecule has 2 atom stereocenters. The number of nitrogens with zero attached hydrogens (tertiary/aromatic N) is 1. The summed E-state index contributed by atoms with van der Waals surface area (Å²) >= 11 is 0. The van der Waals surface area contributed by atoms with Crippen LogP contribution in [0.25, 0.3) is 0 Å². The van der Waals surface area contributed by atoms with Gasteiger partial charge in [0.15, 0.2) is 0 Å². The maximum absolute atomic E-state index is 12.3. The molecule has 108 valence electrons. The molecule has 2 unspecified atom stereocenters. The lowest BCUT2D eigenvalue weighted by Gasteiger charge is -2.08. The lowest BCUT2D eigenvalue weighted by Crippen LogP contribution is -2.13. The van der Waals surface area contributed by atoms with E-state index in [1.54, 1.807) is 0 Å². The van der Waals surface area contributed by atoms with Crippen LogP contribution in [0.4, 0.5) is 13.2 Å². The van der Waals surface area contributed by atoms with Gasteiger partial charge in [-0.3, -0.25) is 14.9 Å². The van der Waals surface area contributed by atoms with Crippen molar-refractivity contribution in [1.82, 2.24) is 0 Å². The van der Waals surface area contributed by atoms with Crippen LogP contribution in [0.3, 0.4) is 0 Å². The minimum absolute atomic E-state index is 0.152. The van der Waals surface area contributed by atoms with Crippen LogP contribution >= 0.6 is 0 Å². The summed E-state index contributed by atoms with van der Waals surface area (Å²) in [5, 5.41) is 10.4. The highest BCUT2D eigenvalue weighted by Crippen LogP contribution is 2.34. The Kier molecular flexibility index (Phi) is 3.65. The number of ether oxygens (including phenoxy) is 1. The summed E-state index contributed by atoms with van der Waals surface area (Å²) in [7, 11) is 0. The molecule has 0 radical (unpaired) electrons. The predicted octanol–water partition coefficient (Wildman–Crippen LogP) is 2.41. The number of carbonyl (C=O) groups is 1. The Morgan fingerprint density at radius 3 is 2.40 bits per heavy atom. The fraction of sp³-hybridized carbons (Fsp3) is 0.417. The molecule has 1 aromatic rings. The summed E-state index contributed by atoms with van der Waals surface area (Å²) in [6, 6.07) is 3.29. The van der Waals surface area contributed by atoms with E-state index in [1.165, 1.54) is 12.1 Å². The van der Waals surface area contributed by atoms with E-state index in [1.807, 2.05) is 0 Å². The second-order valence-corrected chi connectivity index (χ2v) is 4.50. The highest BCUT2D eigenvalue weighted by atomic mass is 19.4. The van der Waals surface area contributed by atoms with E-state index in [4.69, 9.17) is 4.74 Å². The Bertz CT molecular complexity index is 526. The molecule has 1 fully saturated rings. The molecule has 0 amide bonds. The van der Waals surface area contributed by atoms with Gasteiger partial charge < -0.3 is 4.74 Å². The smallest absolute Gasteiger partial charge is 0.416 e. The van der Waals surface area contributed by atoms with Crippen molar-refractivity contribution in [3.05, 3.63) is 45.5 Å². The topological polar surface area (TPSA) is 69.4 Å². The van der Waals surface area contributed by atoms with Gasteiger partial charge >= 0.3 is 12.1 Å². The maximum atomic E-state index is 12.3. The molecule has 8 heteroatoms. The number of nitro groups is 1. The van der Waals surface area contributed by atoms with Gasteiger partial charge in [-0.2, -0.15) is 13.2 Å². The minimum Gasteiger partial charge on any atom is -0.460 e. The zero-order valence-electron chi connectivity index (χ0n) is 10.1. The monoisotopic (exact) mass is 289 g/mol. The number of esters is 1. The molecular weight excluding hydrogens is 279 g/mol. The van der Waals surface area contributed by atoms with Gasteiger partial charge in [0, 0.05) is 11.3 Å². The Hall–Kier alpha value is -2.12. The Balaban J connectivity index is 1.86. The quantitative estimate of drug-likeness (QED) is 0.485. The first-order chi connectivity index (χ1) is 9.29. The standard InChI is InChI=1S/C12H10F3NO4/c13-12(14,15)8-3-1-7(2-4-8)6-20-11(17)9-5-10(9)16(18)19/h1-4,9-10H,5-6H2. The van der Waals surface area contributed by atoms with Crippen molar-refractivity contribution in [2.45, 2.75) is 25.2 Å². The molecular formula is C12H10F3NO4. The van der Waals surface area contributed by atoms with E-state index < -0.39 is 34.6 Å². The molecule has 0 N–H and O–H groups in total. The summed E-state index contributed by atoms with van der Waals surface area (Å²) in [5.74, 6) is -1.42. The lowest BCUT2D eigenvalue weighted by molar-refractivity contribution is -0.497. The van der Waals surface area contributed by atoms with Gasteiger partial charge in [0.25, 0.3) is 0 Å². The zero-order valence-corrected chi connectivity index (χ0v) is 10.1. The van der Waals surface area contributed by atoms with Gasteiger partial charge in [0.05, 0.1) is 5.56 Å². The van der Waals surface area contributed by atoms with E-state index in [-0.39, 0.29) is 13.0 Å². The van der Waals surface area contributed by atoms with Crippen LogP contribution in [0.1, 0.15) is 17.5 Å². The highest BCUT2D eigenvalue weighted by molar-refractivity contribution is 5.76. The maximum Gasteiger partial charge on any atom is 0.416 e. The molecule has 1 aliphatic carbocycles. The number of hydrogen-bond acceptors (Lipinski definition) is 4. The molecule has 0 aromatic heterocycles. The molecule has 0 bridgehead atoms. The van der Waals surface area contributed by atoms with Crippen LogP contribution in [0.15, 0.2) is 24.3 Å². The number of hydrogen-bond donors (Lipinski definition) is 0. The molecule has 1 saturated carbocycles. The Morgan fingerprint density at radius 1 is 1.35 bits per heavy atom. The normalized spacial score (nSPS) is 21.4. The molecule has 0 spiro atoms. The highest BCUT2D eigenvalue weighted by Gasteiger charge is 2.54. The third-order valence-electron chi connectivity index (χ3n) is 2.99. The van der Waals surface area contributed by atoms with Gasteiger partial charge in [-0.15, -0.1) is 0 Å². The van der Waals surface area contributed by atoms with Crippen LogP contribution in [0, 0.1) is 16.0 Å². The summed E-state index contributed by atoms with van der Waals surface area (Å²) in [4.78, 5) is 21.2. The zero-order chi connectivity index (χ0) is 14.9. The van der Waals surface area contributed by atoms with Crippen molar-refractivity contribution < 1.29 is 27.6 Å². The molecule has 1 aliphatic rings. The predicted molar refractivity (Wildman–Crippen MR) is 60.1 cm³/mol. The van der Waals surface area contributed by atoms with Crippen LogP contribution in [-0.4, -0.2) is 16.9 Å². The third-order valence-corrected chi connectivity index (χ3v) is 2.99. The van der Waals surface area contributed by atoms with E-state index in [9.17, 15) is 28.1 Å². The summed E-state index contributed by atoms with van der Waals surface area (Å²) in [5.41, 5.74) is -0.396. The van der Waals surface area contributed by atoms with Crippen LogP contribution in [0.5, 0.6) is 0 Å².